The van der Waals surface area contributed by atoms with Crippen LogP contribution in [0.3, 0.4) is 0 Å². The summed E-state index contributed by atoms with van der Waals surface area (Å²) in [5.41, 5.74) is 0.691. The largest absolute Gasteiger partial charge is 0.299 e. The maximum atomic E-state index is 14.3. The molecular weight excluding hydrogens is 448 g/mol. The van der Waals surface area contributed by atoms with Crippen LogP contribution in [0.25, 0.3) is 0 Å². The molecule has 3 aromatic rings. The van der Waals surface area contributed by atoms with E-state index in [4.69, 9.17) is 11.6 Å². The Morgan fingerprint density at radius 2 is 1.71 bits per heavy atom. The molecule has 1 aliphatic heterocycles. The van der Waals surface area contributed by atoms with Crippen molar-refractivity contribution in [2.24, 2.45) is 17.8 Å². The van der Waals surface area contributed by atoms with Crippen molar-refractivity contribution < 1.29 is 14.4 Å². The van der Waals surface area contributed by atoms with Gasteiger partial charge in [-0.2, -0.15) is 0 Å². The normalized spacial score (nSPS) is 29.1. The summed E-state index contributed by atoms with van der Waals surface area (Å²) in [6.07, 6.45) is 4.91. The SMILES string of the molecule is CN1C(=O)[C@@]2(c3cc(Cl)cnc31)[C@H](c1ccccc1)[C@H]1C(=O)C=C[C@H]1[C@@H]2C(=O)c1ccccc1. The van der Waals surface area contributed by atoms with Gasteiger partial charge in [0.25, 0.3) is 0 Å². The fourth-order valence-electron chi connectivity index (χ4n) is 6.50. The molecule has 0 unspecified atom stereocenters. The standard InChI is InChI=1S/C28H21ClN2O3/c1-31-26-20(14-18(29)15-30-26)28(27(31)34)23(16-8-4-2-5-9-16)22-19(12-13-21(22)32)24(28)25(33)17-10-6-3-7-11-17/h2-15,19,22-24H,1H3/t19-,22-,23-,24-,28+/m1/s1. The summed E-state index contributed by atoms with van der Waals surface area (Å²) in [5.74, 6) is -2.19. The van der Waals surface area contributed by atoms with Gasteiger partial charge in [-0.15, -0.1) is 0 Å². The monoisotopic (exact) mass is 468 g/mol. The van der Waals surface area contributed by atoms with Gasteiger partial charge in [-0.05, 0) is 23.6 Å². The second-order valence-corrected chi connectivity index (χ2v) is 9.66. The number of anilines is 1. The van der Waals surface area contributed by atoms with Crippen molar-refractivity contribution in [1.82, 2.24) is 4.98 Å². The molecule has 6 heteroatoms. The first-order chi connectivity index (χ1) is 16.5. The van der Waals surface area contributed by atoms with Gasteiger partial charge in [-0.25, -0.2) is 4.98 Å². The van der Waals surface area contributed by atoms with Crippen LogP contribution in [0.4, 0.5) is 5.82 Å². The summed E-state index contributed by atoms with van der Waals surface area (Å²) in [4.78, 5) is 47.8. The third-order valence-corrected chi connectivity index (χ3v) is 7.91. The Labute approximate surface area is 202 Å². The molecule has 5 atom stereocenters. The summed E-state index contributed by atoms with van der Waals surface area (Å²) >= 11 is 6.41. The number of benzene rings is 2. The number of nitrogens with zero attached hydrogens (tertiary/aromatic N) is 2. The van der Waals surface area contributed by atoms with E-state index < -0.39 is 29.1 Å². The number of fused-ring (bicyclic) bond motifs is 3. The molecule has 2 aromatic carbocycles. The topological polar surface area (TPSA) is 67.3 Å². The van der Waals surface area contributed by atoms with E-state index >= 15 is 0 Å². The molecular formula is C28H21ClN2O3. The van der Waals surface area contributed by atoms with Gasteiger partial charge in [0.1, 0.15) is 5.82 Å². The molecule has 0 saturated heterocycles. The Morgan fingerprint density at radius 1 is 1.03 bits per heavy atom. The maximum Gasteiger partial charge on any atom is 0.240 e. The number of rotatable bonds is 3. The Balaban J connectivity index is 1.70. The summed E-state index contributed by atoms with van der Waals surface area (Å²) in [5, 5.41) is 0.387. The van der Waals surface area contributed by atoms with Crippen LogP contribution < -0.4 is 4.90 Å². The quantitative estimate of drug-likeness (QED) is 0.526. The first-order valence-corrected chi connectivity index (χ1v) is 11.6. The molecule has 3 aliphatic rings. The molecule has 0 radical (unpaired) electrons. The first-order valence-electron chi connectivity index (χ1n) is 11.3. The van der Waals surface area contributed by atoms with Gasteiger partial charge in [0.05, 0.1) is 10.4 Å². The molecule has 34 heavy (non-hydrogen) atoms. The number of Topliss-reactive ketones (excluding diaryl/α,β-unsaturated/α-hetero) is 1. The molecule has 2 aliphatic carbocycles. The summed E-state index contributed by atoms with van der Waals surface area (Å²) in [7, 11) is 1.68. The number of likely N-dealkylation sites (N-methyl/N-ethyl adjacent to an activating group) is 1. The number of ketones is 2. The number of pyridine rings is 1. The van der Waals surface area contributed by atoms with Gasteiger partial charge in [-0.3, -0.25) is 19.3 Å². The molecule has 0 bridgehead atoms. The molecule has 1 fully saturated rings. The van der Waals surface area contributed by atoms with Crippen molar-refractivity contribution in [3.63, 3.8) is 0 Å². The maximum absolute atomic E-state index is 14.3. The number of hydrogen-bond acceptors (Lipinski definition) is 4. The third-order valence-electron chi connectivity index (χ3n) is 7.71. The van der Waals surface area contributed by atoms with Gasteiger partial charge >= 0.3 is 0 Å². The summed E-state index contributed by atoms with van der Waals surface area (Å²) in [6.45, 7) is 0. The minimum Gasteiger partial charge on any atom is -0.299 e. The molecule has 5 nitrogen and oxygen atoms in total. The lowest BCUT2D eigenvalue weighted by molar-refractivity contribution is -0.124. The predicted molar refractivity (Wildman–Crippen MR) is 129 cm³/mol. The van der Waals surface area contributed by atoms with E-state index in [1.165, 1.54) is 11.1 Å². The lowest BCUT2D eigenvalue weighted by Crippen LogP contribution is -2.49. The van der Waals surface area contributed by atoms with E-state index in [1.807, 2.05) is 54.6 Å². The number of carbonyl (C=O) groups excluding carboxylic acids is 3. The first kappa shape index (κ1) is 21.0. The van der Waals surface area contributed by atoms with Crippen LogP contribution >= 0.6 is 11.6 Å². The fourth-order valence-corrected chi connectivity index (χ4v) is 6.66. The minimum absolute atomic E-state index is 0.0551. The molecule has 1 aromatic heterocycles. The molecule has 1 spiro atoms. The van der Waals surface area contributed by atoms with E-state index in [0.717, 1.165) is 5.56 Å². The van der Waals surface area contributed by atoms with Crippen molar-refractivity contribution >= 4 is 34.9 Å². The molecule has 6 rings (SSSR count). The van der Waals surface area contributed by atoms with Crippen LogP contribution in [0, 0.1) is 17.8 Å². The lowest BCUT2D eigenvalue weighted by Gasteiger charge is -2.36. The smallest absolute Gasteiger partial charge is 0.240 e. The molecule has 1 amide bonds. The predicted octanol–water partition coefficient (Wildman–Crippen LogP) is 4.62. The van der Waals surface area contributed by atoms with Gasteiger partial charge < -0.3 is 0 Å². The van der Waals surface area contributed by atoms with Crippen LogP contribution in [-0.2, 0) is 15.0 Å². The zero-order chi connectivity index (χ0) is 23.6. The Morgan fingerprint density at radius 3 is 2.41 bits per heavy atom. The molecule has 168 valence electrons. The van der Waals surface area contributed by atoms with Gasteiger partial charge in [0.15, 0.2) is 11.6 Å². The number of carbonyl (C=O) groups is 3. The highest BCUT2D eigenvalue weighted by Gasteiger charge is 2.72. The Bertz CT molecular complexity index is 1370. The van der Waals surface area contributed by atoms with Gasteiger partial charge in [0, 0.05) is 42.1 Å². The Kier molecular flexibility index (Phi) is 4.61. The summed E-state index contributed by atoms with van der Waals surface area (Å²) in [6, 6.07) is 20.3. The number of aromatic nitrogens is 1. The van der Waals surface area contributed by atoms with E-state index in [-0.39, 0.29) is 17.5 Å². The highest BCUT2D eigenvalue weighted by molar-refractivity contribution is 6.31. The second kappa shape index (κ2) is 7.47. The lowest BCUT2D eigenvalue weighted by atomic mass is 9.62. The second-order valence-electron chi connectivity index (χ2n) is 9.22. The van der Waals surface area contributed by atoms with Crippen LogP contribution in [0.1, 0.15) is 27.4 Å². The Hall–Kier alpha value is -3.57. The van der Waals surface area contributed by atoms with E-state index in [0.29, 0.717) is 22.0 Å². The van der Waals surface area contributed by atoms with Crippen molar-refractivity contribution in [2.75, 3.05) is 11.9 Å². The van der Waals surface area contributed by atoms with Crippen molar-refractivity contribution in [3.8, 4) is 0 Å². The zero-order valence-electron chi connectivity index (χ0n) is 18.4. The van der Waals surface area contributed by atoms with Crippen LogP contribution in [0.5, 0.6) is 0 Å². The van der Waals surface area contributed by atoms with Gasteiger partial charge in [-0.1, -0.05) is 78.3 Å². The van der Waals surface area contributed by atoms with Crippen LogP contribution in [0.15, 0.2) is 85.1 Å². The van der Waals surface area contributed by atoms with E-state index in [2.05, 4.69) is 4.98 Å². The average Bonchev–Trinajstić information content (AvgIpc) is 3.45. The van der Waals surface area contributed by atoms with Crippen LogP contribution in [0.2, 0.25) is 5.02 Å². The molecule has 2 heterocycles. The zero-order valence-corrected chi connectivity index (χ0v) is 19.1. The van der Waals surface area contributed by atoms with Gasteiger partial charge in [0.2, 0.25) is 5.91 Å². The highest BCUT2D eigenvalue weighted by Crippen LogP contribution is 2.66. The minimum atomic E-state index is -1.30. The van der Waals surface area contributed by atoms with Crippen LogP contribution in [-0.4, -0.2) is 29.5 Å². The number of amides is 1. The molecule has 0 N–H and O–H groups in total. The van der Waals surface area contributed by atoms with Crippen molar-refractivity contribution in [3.05, 3.63) is 107 Å². The van der Waals surface area contributed by atoms with E-state index in [1.54, 1.807) is 31.3 Å². The third kappa shape index (κ3) is 2.62. The number of hydrogen-bond donors (Lipinski definition) is 0. The molecule has 1 saturated carbocycles. The average molecular weight is 469 g/mol. The number of allylic oxidation sites excluding steroid dienone is 2. The summed E-state index contributed by atoms with van der Waals surface area (Å²) < 4.78 is 0. The fraction of sp³-hybridized carbons (Fsp3) is 0.214. The number of halogens is 1. The van der Waals surface area contributed by atoms with Crippen molar-refractivity contribution in [1.29, 1.82) is 0 Å². The highest BCUT2D eigenvalue weighted by atomic mass is 35.5. The van der Waals surface area contributed by atoms with E-state index in [9.17, 15) is 14.4 Å². The van der Waals surface area contributed by atoms with Crippen molar-refractivity contribution in [2.45, 2.75) is 11.3 Å².